The van der Waals surface area contributed by atoms with Crippen molar-refractivity contribution in [3.63, 3.8) is 0 Å². The van der Waals surface area contributed by atoms with Crippen LogP contribution in [0.25, 0.3) is 0 Å². The van der Waals surface area contributed by atoms with E-state index in [1.165, 1.54) is 32.1 Å². The highest BCUT2D eigenvalue weighted by Gasteiger charge is 2.39. The normalized spacial score (nSPS) is 43.1. The number of rotatable bonds is 2. The molecule has 2 saturated carbocycles. The Balaban J connectivity index is 2.03. The van der Waals surface area contributed by atoms with Gasteiger partial charge in [-0.05, 0) is 37.5 Å². The van der Waals surface area contributed by atoms with Crippen LogP contribution in [0.2, 0.25) is 0 Å². The highest BCUT2D eigenvalue weighted by atomic mass is 32.2. The molecule has 2 fully saturated rings. The van der Waals surface area contributed by atoms with E-state index in [0.717, 1.165) is 0 Å². The van der Waals surface area contributed by atoms with Gasteiger partial charge in [0, 0.05) is 21.3 Å². The van der Waals surface area contributed by atoms with Crippen LogP contribution in [-0.4, -0.2) is 14.7 Å². The SMILES string of the molecule is CC1CCCC(C)C1S(=O)C1CC1. The van der Waals surface area contributed by atoms with Crippen LogP contribution in [0.1, 0.15) is 46.0 Å². The fraction of sp³-hybridized carbons (Fsp3) is 1.00. The van der Waals surface area contributed by atoms with Crippen molar-refractivity contribution in [2.45, 2.75) is 56.5 Å². The largest absolute Gasteiger partial charge is 0.259 e. The molecule has 0 N–H and O–H groups in total. The number of hydrogen-bond donors (Lipinski definition) is 0. The van der Waals surface area contributed by atoms with E-state index in [1.807, 2.05) is 0 Å². The van der Waals surface area contributed by atoms with Gasteiger partial charge in [0.15, 0.2) is 0 Å². The Morgan fingerprint density at radius 3 is 2.00 bits per heavy atom. The molecule has 2 aliphatic rings. The van der Waals surface area contributed by atoms with E-state index in [-0.39, 0.29) is 0 Å². The molecule has 13 heavy (non-hydrogen) atoms. The van der Waals surface area contributed by atoms with Crippen molar-refractivity contribution in [1.82, 2.24) is 0 Å². The first kappa shape index (κ1) is 9.70. The quantitative estimate of drug-likeness (QED) is 0.670. The van der Waals surface area contributed by atoms with Crippen molar-refractivity contribution < 1.29 is 4.21 Å². The second-order valence-corrected chi connectivity index (χ2v) is 6.75. The van der Waals surface area contributed by atoms with Crippen molar-refractivity contribution >= 4 is 10.8 Å². The van der Waals surface area contributed by atoms with Crippen molar-refractivity contribution in [2.24, 2.45) is 11.8 Å². The molecule has 3 atom stereocenters. The van der Waals surface area contributed by atoms with Crippen LogP contribution in [0.15, 0.2) is 0 Å². The Bertz CT molecular complexity index is 200. The highest BCUT2D eigenvalue weighted by molar-refractivity contribution is 7.86. The Labute approximate surface area is 83.8 Å². The van der Waals surface area contributed by atoms with Crippen molar-refractivity contribution in [2.75, 3.05) is 0 Å². The maximum absolute atomic E-state index is 12.1. The van der Waals surface area contributed by atoms with Gasteiger partial charge in [-0.2, -0.15) is 0 Å². The van der Waals surface area contributed by atoms with Gasteiger partial charge < -0.3 is 0 Å². The fourth-order valence-electron chi connectivity index (χ4n) is 2.63. The first-order chi connectivity index (χ1) is 6.20. The first-order valence-corrected chi connectivity index (χ1v) is 6.87. The van der Waals surface area contributed by atoms with Gasteiger partial charge in [0.05, 0.1) is 0 Å². The van der Waals surface area contributed by atoms with Gasteiger partial charge in [-0.25, -0.2) is 0 Å². The molecule has 0 heterocycles. The van der Waals surface area contributed by atoms with E-state index in [4.69, 9.17) is 0 Å². The summed E-state index contributed by atoms with van der Waals surface area (Å²) < 4.78 is 12.1. The van der Waals surface area contributed by atoms with Crippen LogP contribution in [-0.2, 0) is 10.8 Å². The average molecular weight is 200 g/mol. The minimum Gasteiger partial charge on any atom is -0.259 e. The van der Waals surface area contributed by atoms with E-state index in [0.29, 0.717) is 22.3 Å². The number of hydrogen-bond acceptors (Lipinski definition) is 1. The van der Waals surface area contributed by atoms with E-state index in [2.05, 4.69) is 13.8 Å². The summed E-state index contributed by atoms with van der Waals surface area (Å²) >= 11 is 0. The van der Waals surface area contributed by atoms with E-state index < -0.39 is 10.8 Å². The third-order valence-electron chi connectivity index (χ3n) is 3.56. The van der Waals surface area contributed by atoms with Gasteiger partial charge >= 0.3 is 0 Å². The molecule has 0 aromatic rings. The predicted octanol–water partition coefficient (Wildman–Crippen LogP) is 2.72. The summed E-state index contributed by atoms with van der Waals surface area (Å²) in [5.41, 5.74) is 0. The molecular formula is C11H20OS. The molecular weight excluding hydrogens is 180 g/mol. The Morgan fingerprint density at radius 2 is 1.54 bits per heavy atom. The monoisotopic (exact) mass is 200 g/mol. The van der Waals surface area contributed by atoms with Gasteiger partial charge in [-0.3, -0.25) is 4.21 Å². The smallest absolute Gasteiger partial charge is 0.0401 e. The molecule has 1 nitrogen and oxygen atoms in total. The summed E-state index contributed by atoms with van der Waals surface area (Å²) in [6.45, 7) is 4.58. The lowest BCUT2D eigenvalue weighted by molar-refractivity contribution is 0.308. The molecule has 0 saturated heterocycles. The molecule has 0 amide bonds. The molecule has 0 aliphatic heterocycles. The predicted molar refractivity (Wildman–Crippen MR) is 57.1 cm³/mol. The lowest BCUT2D eigenvalue weighted by Gasteiger charge is -2.33. The summed E-state index contributed by atoms with van der Waals surface area (Å²) in [4.78, 5) is 0. The van der Waals surface area contributed by atoms with Crippen LogP contribution in [0.4, 0.5) is 0 Å². The zero-order valence-electron chi connectivity index (χ0n) is 8.66. The van der Waals surface area contributed by atoms with Crippen molar-refractivity contribution in [1.29, 1.82) is 0 Å². The fourth-order valence-corrected chi connectivity index (χ4v) is 4.86. The summed E-state index contributed by atoms with van der Waals surface area (Å²) in [5.74, 6) is 1.40. The lowest BCUT2D eigenvalue weighted by Crippen LogP contribution is -2.35. The molecule has 0 radical (unpaired) electrons. The van der Waals surface area contributed by atoms with Crippen LogP contribution in [0.5, 0.6) is 0 Å². The summed E-state index contributed by atoms with van der Waals surface area (Å²) in [6, 6.07) is 0. The van der Waals surface area contributed by atoms with Crippen LogP contribution in [0, 0.1) is 11.8 Å². The van der Waals surface area contributed by atoms with Crippen molar-refractivity contribution in [3.8, 4) is 0 Å². The van der Waals surface area contributed by atoms with Gasteiger partial charge in [0.2, 0.25) is 0 Å². The third-order valence-corrected chi connectivity index (χ3v) is 6.16. The minimum absolute atomic E-state index is 0.507. The molecule has 0 bridgehead atoms. The van der Waals surface area contributed by atoms with Gasteiger partial charge in [0.25, 0.3) is 0 Å². The molecule has 0 spiro atoms. The van der Waals surface area contributed by atoms with Gasteiger partial charge in [-0.1, -0.05) is 20.3 Å². The Morgan fingerprint density at radius 1 is 1.00 bits per heavy atom. The molecule has 2 aliphatic carbocycles. The van der Waals surface area contributed by atoms with E-state index in [1.54, 1.807) is 0 Å². The zero-order chi connectivity index (χ0) is 9.42. The van der Waals surface area contributed by atoms with Gasteiger partial charge in [-0.15, -0.1) is 0 Å². The Kier molecular flexibility index (Phi) is 2.77. The third kappa shape index (κ3) is 1.98. The van der Waals surface area contributed by atoms with E-state index in [9.17, 15) is 4.21 Å². The second kappa shape index (κ2) is 3.72. The molecule has 0 aromatic carbocycles. The molecule has 0 aromatic heterocycles. The van der Waals surface area contributed by atoms with E-state index >= 15 is 0 Å². The summed E-state index contributed by atoms with van der Waals surface area (Å²) in [6.07, 6.45) is 6.40. The van der Waals surface area contributed by atoms with Crippen LogP contribution < -0.4 is 0 Å². The first-order valence-electron chi connectivity index (χ1n) is 5.59. The molecule has 2 heteroatoms. The van der Waals surface area contributed by atoms with Gasteiger partial charge in [0.1, 0.15) is 0 Å². The van der Waals surface area contributed by atoms with Crippen molar-refractivity contribution in [3.05, 3.63) is 0 Å². The molecule has 76 valence electrons. The topological polar surface area (TPSA) is 17.1 Å². The maximum Gasteiger partial charge on any atom is 0.0401 e. The summed E-state index contributed by atoms with van der Waals surface area (Å²) in [5, 5.41) is 1.09. The van der Waals surface area contributed by atoms with Crippen LogP contribution in [0.3, 0.4) is 0 Å². The second-order valence-electron chi connectivity index (χ2n) is 4.88. The standard InChI is InChI=1S/C11H20OS/c1-8-4-3-5-9(2)11(8)13(12)10-6-7-10/h8-11H,3-7H2,1-2H3. The molecule has 3 unspecified atom stereocenters. The molecule has 2 rings (SSSR count). The average Bonchev–Trinajstić information content (AvgIpc) is 2.85. The lowest BCUT2D eigenvalue weighted by atomic mass is 9.83. The zero-order valence-corrected chi connectivity index (χ0v) is 9.48. The van der Waals surface area contributed by atoms with Crippen LogP contribution >= 0.6 is 0 Å². The maximum atomic E-state index is 12.1. The summed E-state index contributed by atoms with van der Waals surface area (Å²) in [7, 11) is -0.507. The minimum atomic E-state index is -0.507. The Hall–Kier alpha value is 0.150. The highest BCUT2D eigenvalue weighted by Crippen LogP contribution is 2.38.